The minimum absolute atomic E-state index is 0.116. The monoisotopic (exact) mass is 190 g/mol. The largest absolute Gasteiger partial charge is 0.233 e. The van der Waals surface area contributed by atoms with E-state index in [9.17, 15) is 4.39 Å². The fourth-order valence-electron chi connectivity index (χ4n) is 0.925. The normalized spacial score (nSPS) is 12.2. The van der Waals surface area contributed by atoms with E-state index in [0.717, 1.165) is 0 Å². The lowest BCUT2D eigenvalue weighted by atomic mass is 10.1. The summed E-state index contributed by atoms with van der Waals surface area (Å²) >= 11 is 5.65. The number of aromatic nitrogens is 2. The van der Waals surface area contributed by atoms with Crippen molar-refractivity contribution in [1.82, 2.24) is 9.78 Å². The Morgan fingerprint density at radius 2 is 1.92 bits per heavy atom. The molecular weight excluding hydrogens is 179 g/mol. The van der Waals surface area contributed by atoms with Gasteiger partial charge < -0.3 is 0 Å². The second kappa shape index (κ2) is 2.73. The summed E-state index contributed by atoms with van der Waals surface area (Å²) in [5.41, 5.74) is 0.172. The molecule has 0 aliphatic carbocycles. The number of halogens is 2. The predicted octanol–water partition coefficient (Wildman–Crippen LogP) is 2.74. The van der Waals surface area contributed by atoms with Crippen LogP contribution in [0.25, 0.3) is 0 Å². The molecule has 4 heteroatoms. The van der Waals surface area contributed by atoms with E-state index < -0.39 is 5.95 Å². The van der Waals surface area contributed by atoms with Crippen molar-refractivity contribution in [2.75, 3.05) is 0 Å². The number of rotatable bonds is 0. The fraction of sp³-hybridized carbons (Fsp3) is 0.625. The molecule has 1 rings (SSSR count). The van der Waals surface area contributed by atoms with Crippen molar-refractivity contribution in [3.05, 3.63) is 16.7 Å². The summed E-state index contributed by atoms with van der Waals surface area (Å²) in [6.07, 6.45) is 0. The summed E-state index contributed by atoms with van der Waals surface area (Å²) in [4.78, 5) is 0. The Hall–Kier alpha value is -0.570. The van der Waals surface area contributed by atoms with Crippen molar-refractivity contribution in [3.63, 3.8) is 0 Å². The SMILES string of the molecule is Cc1nn(C(C)(C)C)c(F)c1Cl. The van der Waals surface area contributed by atoms with E-state index in [1.165, 1.54) is 4.68 Å². The van der Waals surface area contributed by atoms with Crippen LogP contribution in [0, 0.1) is 12.9 Å². The number of hydrogen-bond donors (Lipinski definition) is 0. The zero-order valence-corrected chi connectivity index (χ0v) is 8.41. The average molecular weight is 191 g/mol. The van der Waals surface area contributed by atoms with Gasteiger partial charge in [0.15, 0.2) is 0 Å². The van der Waals surface area contributed by atoms with Gasteiger partial charge in [0.1, 0.15) is 5.02 Å². The van der Waals surface area contributed by atoms with Crippen LogP contribution in [0.4, 0.5) is 4.39 Å². The van der Waals surface area contributed by atoms with Gasteiger partial charge in [-0.2, -0.15) is 9.49 Å². The van der Waals surface area contributed by atoms with Crippen LogP contribution in [0.2, 0.25) is 5.02 Å². The van der Waals surface area contributed by atoms with E-state index in [4.69, 9.17) is 11.6 Å². The lowest BCUT2D eigenvalue weighted by Crippen LogP contribution is -2.24. The number of nitrogens with zero attached hydrogens (tertiary/aromatic N) is 2. The van der Waals surface area contributed by atoms with Gasteiger partial charge >= 0.3 is 0 Å². The van der Waals surface area contributed by atoms with Gasteiger partial charge in [0, 0.05) is 0 Å². The molecule has 68 valence electrons. The van der Waals surface area contributed by atoms with Crippen LogP contribution in [0.15, 0.2) is 0 Å². The van der Waals surface area contributed by atoms with Gasteiger partial charge in [-0.1, -0.05) is 11.6 Å². The van der Waals surface area contributed by atoms with Crippen molar-refractivity contribution >= 4 is 11.6 Å². The van der Waals surface area contributed by atoms with E-state index in [2.05, 4.69) is 5.10 Å². The van der Waals surface area contributed by atoms with Crippen molar-refractivity contribution in [2.24, 2.45) is 0 Å². The Morgan fingerprint density at radius 3 is 2.08 bits per heavy atom. The van der Waals surface area contributed by atoms with E-state index in [1.54, 1.807) is 6.92 Å². The predicted molar refractivity (Wildman–Crippen MR) is 46.9 cm³/mol. The zero-order valence-electron chi connectivity index (χ0n) is 7.65. The molecule has 1 heterocycles. The van der Waals surface area contributed by atoms with Gasteiger partial charge in [-0.15, -0.1) is 0 Å². The van der Waals surface area contributed by atoms with Crippen molar-refractivity contribution in [2.45, 2.75) is 33.2 Å². The average Bonchev–Trinajstić information content (AvgIpc) is 2.15. The molecule has 0 bridgehead atoms. The highest BCUT2D eigenvalue weighted by molar-refractivity contribution is 6.31. The highest BCUT2D eigenvalue weighted by atomic mass is 35.5. The zero-order chi connectivity index (χ0) is 9.52. The van der Waals surface area contributed by atoms with Gasteiger partial charge in [-0.25, -0.2) is 4.68 Å². The lowest BCUT2D eigenvalue weighted by molar-refractivity contribution is 0.299. The highest BCUT2D eigenvalue weighted by Gasteiger charge is 2.22. The molecule has 0 aliphatic heterocycles. The first-order valence-corrected chi connectivity index (χ1v) is 4.13. The maximum atomic E-state index is 13.3. The van der Waals surface area contributed by atoms with Gasteiger partial charge in [0.25, 0.3) is 0 Å². The van der Waals surface area contributed by atoms with E-state index >= 15 is 0 Å². The molecule has 0 aromatic carbocycles. The van der Waals surface area contributed by atoms with Crippen LogP contribution in [-0.2, 0) is 5.54 Å². The van der Waals surface area contributed by atoms with Gasteiger partial charge in [-0.05, 0) is 27.7 Å². The van der Waals surface area contributed by atoms with Crippen LogP contribution >= 0.6 is 11.6 Å². The Labute approximate surface area is 76.3 Å². The molecule has 0 saturated heterocycles. The standard InChI is InChI=1S/C8H12ClFN2/c1-5-6(9)7(10)12(11-5)8(2,3)4/h1-4H3. The molecule has 0 atom stereocenters. The molecular formula is C8H12ClFN2. The van der Waals surface area contributed by atoms with E-state index in [-0.39, 0.29) is 10.6 Å². The van der Waals surface area contributed by atoms with Crippen LogP contribution in [-0.4, -0.2) is 9.78 Å². The maximum Gasteiger partial charge on any atom is 0.231 e. The lowest BCUT2D eigenvalue weighted by Gasteiger charge is -2.19. The summed E-state index contributed by atoms with van der Waals surface area (Å²) in [5.74, 6) is -0.457. The highest BCUT2D eigenvalue weighted by Crippen LogP contribution is 2.23. The first-order valence-electron chi connectivity index (χ1n) is 3.75. The smallest absolute Gasteiger partial charge is 0.231 e. The third-order valence-electron chi connectivity index (χ3n) is 1.57. The molecule has 0 aliphatic rings. The molecule has 0 spiro atoms. The first kappa shape index (κ1) is 9.52. The topological polar surface area (TPSA) is 17.8 Å². The summed E-state index contributed by atoms with van der Waals surface area (Å²) in [6, 6.07) is 0. The van der Waals surface area contributed by atoms with Crippen molar-refractivity contribution in [1.29, 1.82) is 0 Å². The second-order valence-corrected chi connectivity index (χ2v) is 4.15. The quantitative estimate of drug-likeness (QED) is 0.615. The summed E-state index contributed by atoms with van der Waals surface area (Å²) in [6.45, 7) is 7.31. The molecule has 0 amide bonds. The minimum atomic E-state index is -0.457. The molecule has 2 nitrogen and oxygen atoms in total. The Morgan fingerprint density at radius 1 is 1.42 bits per heavy atom. The molecule has 0 fully saturated rings. The van der Waals surface area contributed by atoms with E-state index in [0.29, 0.717) is 5.69 Å². The van der Waals surface area contributed by atoms with E-state index in [1.807, 2.05) is 20.8 Å². The Kier molecular flexibility index (Phi) is 2.17. The number of hydrogen-bond acceptors (Lipinski definition) is 1. The molecule has 0 saturated carbocycles. The molecule has 0 radical (unpaired) electrons. The molecule has 12 heavy (non-hydrogen) atoms. The summed E-state index contributed by atoms with van der Waals surface area (Å²) in [7, 11) is 0. The summed E-state index contributed by atoms with van der Waals surface area (Å²) in [5, 5.41) is 4.11. The van der Waals surface area contributed by atoms with Crippen LogP contribution in [0.1, 0.15) is 26.5 Å². The molecule has 0 N–H and O–H groups in total. The van der Waals surface area contributed by atoms with Crippen LogP contribution in [0.3, 0.4) is 0 Å². The molecule has 0 unspecified atom stereocenters. The molecule has 1 aromatic heterocycles. The maximum absolute atomic E-state index is 13.3. The minimum Gasteiger partial charge on any atom is -0.233 e. The first-order chi connectivity index (χ1) is 5.34. The van der Waals surface area contributed by atoms with Gasteiger partial charge in [0.2, 0.25) is 5.95 Å². The van der Waals surface area contributed by atoms with Crippen molar-refractivity contribution < 1.29 is 4.39 Å². The van der Waals surface area contributed by atoms with Gasteiger partial charge in [-0.3, -0.25) is 0 Å². The van der Waals surface area contributed by atoms with Gasteiger partial charge in [0.05, 0.1) is 11.2 Å². The third-order valence-corrected chi connectivity index (χ3v) is 2.00. The molecule has 1 aromatic rings. The Bertz CT molecular complexity index is 299. The van der Waals surface area contributed by atoms with Crippen LogP contribution in [0.5, 0.6) is 0 Å². The fourth-order valence-corrected chi connectivity index (χ4v) is 1.04. The van der Waals surface area contributed by atoms with Crippen molar-refractivity contribution in [3.8, 4) is 0 Å². The third kappa shape index (κ3) is 1.46. The van der Waals surface area contributed by atoms with Crippen LogP contribution < -0.4 is 0 Å². The Balaban J connectivity index is 3.28. The number of aryl methyl sites for hydroxylation is 1. The second-order valence-electron chi connectivity index (χ2n) is 3.77. The summed E-state index contributed by atoms with van der Waals surface area (Å²) < 4.78 is 14.6.